The van der Waals surface area contributed by atoms with Gasteiger partial charge in [0.2, 0.25) is 11.8 Å². The molecule has 5 rings (SSSR count). The Kier molecular flexibility index (Phi) is 6.30. The Morgan fingerprint density at radius 2 is 1.97 bits per heavy atom. The van der Waals surface area contributed by atoms with Crippen molar-refractivity contribution in [1.29, 1.82) is 0 Å². The van der Waals surface area contributed by atoms with Crippen molar-refractivity contribution in [2.75, 3.05) is 28.7 Å². The Bertz CT molecular complexity index is 1300. The number of likely N-dealkylation sites (N-methyl/N-ethyl adjacent to an activating group) is 1. The monoisotopic (exact) mass is 517 g/mol. The first-order valence-corrected chi connectivity index (χ1v) is 11.6. The Balaban J connectivity index is 1.28. The van der Waals surface area contributed by atoms with Crippen molar-refractivity contribution in [3.05, 3.63) is 53.6 Å². The summed E-state index contributed by atoms with van der Waals surface area (Å²) in [5.74, 6) is 0.889. The second-order valence-corrected chi connectivity index (χ2v) is 8.83. The number of nitrogens with one attached hydrogen (secondary N) is 1. The molecule has 0 spiro atoms. The van der Waals surface area contributed by atoms with Gasteiger partial charge in [-0.2, -0.15) is 18.2 Å². The Morgan fingerprint density at radius 1 is 1.16 bits per heavy atom. The lowest BCUT2D eigenvalue weighted by molar-refractivity contribution is -0.141. The Morgan fingerprint density at radius 3 is 2.62 bits per heavy atom. The fraction of sp³-hybridized carbons (Fsp3) is 0.375. The van der Waals surface area contributed by atoms with E-state index in [2.05, 4.69) is 25.3 Å². The first kappa shape index (κ1) is 24.7. The number of hydrogen-bond acceptors (Lipinski definition) is 8. The average molecular weight is 517 g/mol. The van der Waals surface area contributed by atoms with Gasteiger partial charge in [-0.25, -0.2) is 19.3 Å². The van der Waals surface area contributed by atoms with Crippen molar-refractivity contribution in [3.8, 4) is 11.6 Å². The van der Waals surface area contributed by atoms with Crippen LogP contribution in [-0.2, 0) is 23.9 Å². The van der Waals surface area contributed by atoms with Crippen LogP contribution in [0.25, 0.3) is 0 Å². The highest BCUT2D eigenvalue weighted by molar-refractivity contribution is 6.06. The van der Waals surface area contributed by atoms with E-state index in [0.717, 1.165) is 29.9 Å². The summed E-state index contributed by atoms with van der Waals surface area (Å²) in [6.07, 6.45) is -1.95. The number of alkyl halides is 4. The molecule has 37 heavy (non-hydrogen) atoms. The maximum absolute atomic E-state index is 14.3. The van der Waals surface area contributed by atoms with Gasteiger partial charge in [0.15, 0.2) is 5.82 Å². The molecule has 1 amide bonds. The van der Waals surface area contributed by atoms with E-state index in [4.69, 9.17) is 4.74 Å². The minimum atomic E-state index is -4.52. The van der Waals surface area contributed by atoms with Crippen molar-refractivity contribution in [3.63, 3.8) is 0 Å². The molecule has 2 atom stereocenters. The van der Waals surface area contributed by atoms with E-state index < -0.39 is 24.1 Å². The number of hydrogen-bond donors (Lipinski definition) is 1. The number of anilines is 3. The normalized spacial score (nSPS) is 17.9. The van der Waals surface area contributed by atoms with Crippen LogP contribution in [0.1, 0.15) is 30.3 Å². The fourth-order valence-corrected chi connectivity index (χ4v) is 4.45. The lowest BCUT2D eigenvalue weighted by atomic mass is 10.0. The molecule has 2 aliphatic rings. The summed E-state index contributed by atoms with van der Waals surface area (Å²) in [5.41, 5.74) is 1.14. The second kappa shape index (κ2) is 9.45. The topological polar surface area (TPSA) is 96.4 Å². The summed E-state index contributed by atoms with van der Waals surface area (Å²) in [6, 6.07) is 4.38. The number of pyridine rings is 2. The standard InChI is InChI=1S/C24H23F4N7O2/c1-13(25)19-22(36)35-9-3-4-16-20(35)21(34(19)2)33-23(32-16)31-11-14-5-8-18(30-10-14)37-15-6-7-17(29-12-15)24(26,27)28/h5-8,10,12-13,19H,3-4,9,11H2,1-2H3,(H,31,32,33)/t13-,19+/m1/s1. The third kappa shape index (κ3) is 4.85. The van der Waals surface area contributed by atoms with E-state index in [9.17, 15) is 22.4 Å². The largest absolute Gasteiger partial charge is 0.437 e. The fourth-order valence-electron chi connectivity index (χ4n) is 4.45. The maximum Gasteiger partial charge on any atom is 0.433 e. The molecule has 0 bridgehead atoms. The number of amides is 1. The number of nitrogens with zero attached hydrogens (tertiary/aromatic N) is 6. The van der Waals surface area contributed by atoms with Crippen LogP contribution in [0.3, 0.4) is 0 Å². The van der Waals surface area contributed by atoms with E-state index in [0.29, 0.717) is 37.0 Å². The van der Waals surface area contributed by atoms with Crippen LogP contribution < -0.4 is 19.9 Å². The molecule has 0 aliphatic carbocycles. The number of halogens is 4. The van der Waals surface area contributed by atoms with Crippen molar-refractivity contribution in [1.82, 2.24) is 19.9 Å². The first-order chi connectivity index (χ1) is 17.6. The molecule has 9 nitrogen and oxygen atoms in total. The molecular formula is C24H23F4N7O2. The summed E-state index contributed by atoms with van der Waals surface area (Å²) in [6.45, 7) is 2.20. The highest BCUT2D eigenvalue weighted by Gasteiger charge is 2.43. The number of ether oxygens (including phenoxy) is 1. The molecule has 0 fully saturated rings. The van der Waals surface area contributed by atoms with Crippen LogP contribution >= 0.6 is 0 Å². The molecule has 0 saturated carbocycles. The number of aryl methyl sites for hydroxylation is 1. The maximum atomic E-state index is 14.3. The van der Waals surface area contributed by atoms with Crippen molar-refractivity contribution in [2.24, 2.45) is 0 Å². The van der Waals surface area contributed by atoms with Gasteiger partial charge in [-0.15, -0.1) is 0 Å². The van der Waals surface area contributed by atoms with Crippen molar-refractivity contribution >= 4 is 23.4 Å². The zero-order chi connectivity index (χ0) is 26.3. The SMILES string of the molecule is C[C@@H](F)[C@H]1C(=O)N2CCCc3nc(NCc4ccc(Oc5ccc(C(F)(F)F)nc5)nc4)nc(c32)N1C. The molecule has 0 saturated heterocycles. The van der Waals surface area contributed by atoms with E-state index in [1.54, 1.807) is 35.2 Å². The van der Waals surface area contributed by atoms with Gasteiger partial charge in [0.25, 0.3) is 5.91 Å². The van der Waals surface area contributed by atoms with Crippen LogP contribution in [0.15, 0.2) is 36.7 Å². The molecule has 0 radical (unpaired) electrons. The van der Waals surface area contributed by atoms with E-state index in [1.807, 2.05) is 0 Å². The third-order valence-electron chi connectivity index (χ3n) is 6.21. The van der Waals surface area contributed by atoms with Gasteiger partial charge in [0.05, 0.1) is 11.9 Å². The summed E-state index contributed by atoms with van der Waals surface area (Å²) in [5, 5.41) is 3.15. The Labute approximate surface area is 209 Å². The summed E-state index contributed by atoms with van der Waals surface area (Å²) in [4.78, 5) is 32.7. The quantitative estimate of drug-likeness (QED) is 0.488. The molecule has 2 aliphatic heterocycles. The molecule has 1 N–H and O–H groups in total. The van der Waals surface area contributed by atoms with Crippen LogP contribution in [0.5, 0.6) is 11.6 Å². The molecule has 5 heterocycles. The van der Waals surface area contributed by atoms with Crippen molar-refractivity contribution < 1.29 is 27.1 Å². The van der Waals surface area contributed by atoms with E-state index in [1.165, 1.54) is 13.0 Å². The molecule has 0 unspecified atom stereocenters. The molecule has 194 valence electrons. The zero-order valence-electron chi connectivity index (χ0n) is 20.0. The molecule has 3 aromatic heterocycles. The highest BCUT2D eigenvalue weighted by Crippen LogP contribution is 2.40. The second-order valence-electron chi connectivity index (χ2n) is 8.83. The van der Waals surface area contributed by atoms with Gasteiger partial charge in [0.1, 0.15) is 29.3 Å². The number of carbonyl (C=O) groups excluding carboxylic acids is 1. The minimum absolute atomic E-state index is 0.125. The lowest BCUT2D eigenvalue weighted by Gasteiger charge is -2.43. The first-order valence-electron chi connectivity index (χ1n) is 11.6. The van der Waals surface area contributed by atoms with Gasteiger partial charge >= 0.3 is 6.18 Å². The van der Waals surface area contributed by atoms with Gasteiger partial charge < -0.3 is 19.9 Å². The number of carbonyl (C=O) groups is 1. The van der Waals surface area contributed by atoms with Gasteiger partial charge in [-0.05, 0) is 37.5 Å². The average Bonchev–Trinajstić information content (AvgIpc) is 2.86. The van der Waals surface area contributed by atoms with E-state index >= 15 is 0 Å². The molecule has 3 aromatic rings. The third-order valence-corrected chi connectivity index (χ3v) is 6.21. The van der Waals surface area contributed by atoms with Gasteiger partial charge in [-0.3, -0.25) is 4.79 Å². The predicted octanol–water partition coefficient (Wildman–Crippen LogP) is 4.15. The van der Waals surface area contributed by atoms with Crippen LogP contribution in [0.4, 0.5) is 35.0 Å². The minimum Gasteiger partial charge on any atom is -0.437 e. The van der Waals surface area contributed by atoms with Gasteiger partial charge in [-0.1, -0.05) is 6.07 Å². The molecular weight excluding hydrogens is 494 g/mol. The smallest absolute Gasteiger partial charge is 0.433 e. The molecule has 13 heteroatoms. The zero-order valence-corrected chi connectivity index (χ0v) is 20.0. The van der Waals surface area contributed by atoms with Gasteiger partial charge in [0, 0.05) is 32.4 Å². The lowest BCUT2D eigenvalue weighted by Crippen LogP contribution is -2.57. The molecule has 0 aromatic carbocycles. The van der Waals surface area contributed by atoms with Crippen LogP contribution in [0.2, 0.25) is 0 Å². The number of aromatic nitrogens is 4. The predicted molar refractivity (Wildman–Crippen MR) is 126 cm³/mol. The van der Waals surface area contributed by atoms with E-state index in [-0.39, 0.29) is 17.5 Å². The Hall–Kier alpha value is -4.03. The number of rotatable bonds is 6. The van der Waals surface area contributed by atoms with Crippen LogP contribution in [-0.4, -0.2) is 51.6 Å². The summed E-state index contributed by atoms with van der Waals surface area (Å²) < 4.78 is 57.7. The summed E-state index contributed by atoms with van der Waals surface area (Å²) in [7, 11) is 1.66. The van der Waals surface area contributed by atoms with Crippen molar-refractivity contribution in [2.45, 2.75) is 44.7 Å². The highest BCUT2D eigenvalue weighted by atomic mass is 19.4. The summed E-state index contributed by atoms with van der Waals surface area (Å²) >= 11 is 0. The van der Waals surface area contributed by atoms with Crippen LogP contribution in [0, 0.1) is 0 Å².